The van der Waals surface area contributed by atoms with Crippen molar-refractivity contribution in [3.8, 4) is 10.7 Å². The fraction of sp³-hybridized carbons (Fsp3) is 0.400. The van der Waals surface area contributed by atoms with Gasteiger partial charge in [-0.25, -0.2) is 4.68 Å². The van der Waals surface area contributed by atoms with E-state index in [2.05, 4.69) is 16.1 Å². The molecule has 0 amide bonds. The molecule has 0 bridgehead atoms. The Labute approximate surface area is 102 Å². The third-order valence-electron chi connectivity index (χ3n) is 2.64. The highest BCUT2D eigenvalue weighted by Crippen LogP contribution is 2.35. The summed E-state index contributed by atoms with van der Waals surface area (Å²) in [6.45, 7) is 0. The quantitative estimate of drug-likeness (QED) is 0.842. The number of hydrogen-bond acceptors (Lipinski definition) is 5. The normalized spacial score (nSPS) is 15.1. The molecular formula is C10H12N4S2. The number of rotatable bonds is 1. The predicted molar refractivity (Wildman–Crippen MR) is 68.6 cm³/mol. The Morgan fingerprint density at radius 3 is 3.06 bits per heavy atom. The molecule has 0 radical (unpaired) electrons. The lowest BCUT2D eigenvalue weighted by atomic mass is 10.2. The number of nitrogens with zero attached hydrogens (tertiary/aromatic N) is 3. The van der Waals surface area contributed by atoms with E-state index >= 15 is 0 Å². The molecule has 2 aromatic heterocycles. The minimum Gasteiger partial charge on any atom is -0.368 e. The van der Waals surface area contributed by atoms with Crippen LogP contribution in [0.3, 0.4) is 0 Å². The summed E-state index contributed by atoms with van der Waals surface area (Å²) < 4.78 is 1.61. The van der Waals surface area contributed by atoms with E-state index in [-0.39, 0.29) is 0 Å². The van der Waals surface area contributed by atoms with Gasteiger partial charge in [-0.15, -0.1) is 16.4 Å². The molecule has 16 heavy (non-hydrogen) atoms. The second-order valence-corrected chi connectivity index (χ2v) is 6.02. The Balaban J connectivity index is 2.03. The number of thiophene rings is 1. The maximum Gasteiger partial charge on any atom is 0.218 e. The van der Waals surface area contributed by atoms with Gasteiger partial charge in [0.25, 0.3) is 0 Å². The highest BCUT2D eigenvalue weighted by molar-refractivity contribution is 7.98. The van der Waals surface area contributed by atoms with Crippen LogP contribution in [0.15, 0.2) is 6.07 Å². The number of thioether (sulfide) groups is 1. The zero-order chi connectivity index (χ0) is 11.1. The third-order valence-corrected chi connectivity index (χ3v) is 4.89. The first-order valence-electron chi connectivity index (χ1n) is 5.10. The van der Waals surface area contributed by atoms with Crippen LogP contribution < -0.4 is 5.73 Å². The molecule has 0 aliphatic carbocycles. The van der Waals surface area contributed by atoms with E-state index in [4.69, 9.17) is 5.73 Å². The second-order valence-electron chi connectivity index (χ2n) is 3.78. The Kier molecular flexibility index (Phi) is 2.40. The van der Waals surface area contributed by atoms with Crippen molar-refractivity contribution < 1.29 is 0 Å². The largest absolute Gasteiger partial charge is 0.368 e. The molecule has 0 unspecified atom stereocenters. The van der Waals surface area contributed by atoms with Crippen molar-refractivity contribution in [2.75, 3.05) is 11.5 Å². The van der Waals surface area contributed by atoms with Crippen LogP contribution in [0.5, 0.6) is 0 Å². The van der Waals surface area contributed by atoms with Crippen molar-refractivity contribution in [2.24, 2.45) is 7.05 Å². The van der Waals surface area contributed by atoms with Gasteiger partial charge in [0.15, 0.2) is 5.82 Å². The molecule has 2 N–H and O–H groups in total. The van der Waals surface area contributed by atoms with Gasteiger partial charge in [0.2, 0.25) is 5.95 Å². The molecule has 0 atom stereocenters. The van der Waals surface area contributed by atoms with Gasteiger partial charge in [-0.2, -0.15) is 16.7 Å². The van der Waals surface area contributed by atoms with E-state index in [1.807, 2.05) is 18.8 Å². The molecule has 0 saturated heterocycles. The van der Waals surface area contributed by atoms with Crippen LogP contribution >= 0.6 is 23.1 Å². The van der Waals surface area contributed by atoms with Crippen LogP contribution in [-0.4, -0.2) is 20.5 Å². The van der Waals surface area contributed by atoms with Crippen molar-refractivity contribution in [3.63, 3.8) is 0 Å². The van der Waals surface area contributed by atoms with E-state index < -0.39 is 0 Å². The van der Waals surface area contributed by atoms with Crippen LogP contribution in [0.2, 0.25) is 0 Å². The van der Waals surface area contributed by atoms with Gasteiger partial charge < -0.3 is 5.73 Å². The first kappa shape index (κ1) is 10.2. The average molecular weight is 252 g/mol. The van der Waals surface area contributed by atoms with Crippen LogP contribution in [0, 0.1) is 0 Å². The summed E-state index contributed by atoms with van der Waals surface area (Å²) in [5.74, 6) is 3.57. The van der Waals surface area contributed by atoms with Crippen molar-refractivity contribution >= 4 is 29.0 Å². The molecule has 3 heterocycles. The maximum atomic E-state index is 5.69. The monoisotopic (exact) mass is 252 g/mol. The number of nitrogens with two attached hydrogens (primary N) is 1. The van der Waals surface area contributed by atoms with Crippen molar-refractivity contribution in [2.45, 2.75) is 12.2 Å². The Morgan fingerprint density at radius 1 is 1.50 bits per heavy atom. The first-order chi connectivity index (χ1) is 7.74. The number of fused-ring (bicyclic) bond motifs is 1. The molecule has 0 spiro atoms. The second kappa shape index (κ2) is 3.78. The van der Waals surface area contributed by atoms with E-state index in [1.54, 1.807) is 16.0 Å². The molecular weight excluding hydrogens is 240 g/mol. The van der Waals surface area contributed by atoms with E-state index in [1.165, 1.54) is 22.6 Å². The molecule has 0 fully saturated rings. The zero-order valence-corrected chi connectivity index (χ0v) is 10.6. The standard InChI is InChI=1S/C10H12N4S2/c1-14-10(11)12-9(13-14)8-4-6-5-15-3-2-7(6)16-8/h4H,2-3,5H2,1H3,(H2,11,12,13). The summed E-state index contributed by atoms with van der Waals surface area (Å²) in [7, 11) is 1.81. The third kappa shape index (κ3) is 1.62. The zero-order valence-electron chi connectivity index (χ0n) is 8.93. The maximum absolute atomic E-state index is 5.69. The Morgan fingerprint density at radius 2 is 2.38 bits per heavy atom. The Hall–Kier alpha value is -1.01. The van der Waals surface area contributed by atoms with Crippen LogP contribution in [0.4, 0.5) is 5.95 Å². The minimum atomic E-state index is 0.468. The molecule has 0 saturated carbocycles. The molecule has 2 aromatic rings. The predicted octanol–water partition coefficient (Wildman–Crippen LogP) is 1.92. The van der Waals surface area contributed by atoms with Crippen LogP contribution in [0.25, 0.3) is 10.7 Å². The van der Waals surface area contributed by atoms with E-state index in [9.17, 15) is 0 Å². The van der Waals surface area contributed by atoms with Gasteiger partial charge in [-0.3, -0.25) is 0 Å². The summed E-state index contributed by atoms with van der Waals surface area (Å²) in [4.78, 5) is 6.88. The lowest BCUT2D eigenvalue weighted by Crippen LogP contribution is -1.97. The van der Waals surface area contributed by atoms with Crippen molar-refractivity contribution in [1.82, 2.24) is 14.8 Å². The smallest absolute Gasteiger partial charge is 0.218 e. The average Bonchev–Trinajstić information content (AvgIpc) is 2.83. The van der Waals surface area contributed by atoms with Gasteiger partial charge in [0.05, 0.1) is 4.88 Å². The highest BCUT2D eigenvalue weighted by atomic mass is 32.2. The summed E-state index contributed by atoms with van der Waals surface area (Å²) in [6.07, 6.45) is 1.17. The number of aromatic nitrogens is 3. The lowest BCUT2D eigenvalue weighted by Gasteiger charge is -2.08. The van der Waals surface area contributed by atoms with E-state index in [0.717, 1.165) is 16.5 Å². The summed E-state index contributed by atoms with van der Waals surface area (Å²) in [6, 6.07) is 2.21. The van der Waals surface area contributed by atoms with Gasteiger partial charge in [-0.05, 0) is 23.8 Å². The fourth-order valence-corrected chi connectivity index (χ4v) is 4.06. The van der Waals surface area contributed by atoms with Crippen molar-refractivity contribution in [1.29, 1.82) is 0 Å². The molecule has 1 aliphatic rings. The lowest BCUT2D eigenvalue weighted by molar-refractivity contribution is 0.781. The number of nitrogen functional groups attached to an aromatic ring is 1. The topological polar surface area (TPSA) is 56.7 Å². The van der Waals surface area contributed by atoms with Crippen molar-refractivity contribution in [3.05, 3.63) is 16.5 Å². The van der Waals surface area contributed by atoms with Gasteiger partial charge >= 0.3 is 0 Å². The summed E-state index contributed by atoms with van der Waals surface area (Å²) in [5.41, 5.74) is 7.14. The number of aryl methyl sites for hydroxylation is 2. The van der Waals surface area contributed by atoms with Crippen LogP contribution in [0.1, 0.15) is 10.4 Å². The molecule has 6 heteroatoms. The molecule has 0 aromatic carbocycles. The molecule has 1 aliphatic heterocycles. The molecule has 3 rings (SSSR count). The summed E-state index contributed by atoms with van der Waals surface area (Å²) in [5, 5.41) is 4.31. The van der Waals surface area contributed by atoms with Crippen LogP contribution in [-0.2, 0) is 19.2 Å². The molecule has 84 valence electrons. The SMILES string of the molecule is Cn1nc(-c2cc3c(s2)CCSC3)nc1N. The summed E-state index contributed by atoms with van der Waals surface area (Å²) >= 11 is 3.79. The fourth-order valence-electron chi connectivity index (χ4n) is 1.76. The van der Waals surface area contributed by atoms with E-state index in [0.29, 0.717) is 5.95 Å². The molecule has 4 nitrogen and oxygen atoms in total. The highest BCUT2D eigenvalue weighted by Gasteiger charge is 2.17. The Bertz CT molecular complexity index is 486. The minimum absolute atomic E-state index is 0.468. The number of anilines is 1. The van der Waals surface area contributed by atoms with Gasteiger partial charge in [-0.1, -0.05) is 0 Å². The van der Waals surface area contributed by atoms with Gasteiger partial charge in [0.1, 0.15) is 0 Å². The number of hydrogen-bond donors (Lipinski definition) is 1. The van der Waals surface area contributed by atoms with Gasteiger partial charge in [0, 0.05) is 17.7 Å². The first-order valence-corrected chi connectivity index (χ1v) is 7.07.